The molecule has 1 heteroatoms. The standard InChI is InChI=1S/C10H21N/c1-4-5-6-7-9(2)8-10(3)11/h10H,2,4-8,11H2,1,3H3. The van der Waals surface area contributed by atoms with Crippen molar-refractivity contribution in [3.05, 3.63) is 12.2 Å². The Morgan fingerprint density at radius 3 is 2.55 bits per heavy atom. The van der Waals surface area contributed by atoms with Crippen molar-refractivity contribution in [2.24, 2.45) is 5.73 Å². The minimum atomic E-state index is 0.282. The molecular weight excluding hydrogens is 134 g/mol. The highest BCUT2D eigenvalue weighted by molar-refractivity contribution is 4.95. The molecule has 0 saturated heterocycles. The van der Waals surface area contributed by atoms with E-state index in [-0.39, 0.29) is 6.04 Å². The van der Waals surface area contributed by atoms with Gasteiger partial charge in [0.15, 0.2) is 0 Å². The number of unbranched alkanes of at least 4 members (excludes halogenated alkanes) is 2. The summed E-state index contributed by atoms with van der Waals surface area (Å²) in [5, 5.41) is 0. The third kappa shape index (κ3) is 7.60. The van der Waals surface area contributed by atoms with Gasteiger partial charge in [-0.1, -0.05) is 31.9 Å². The fourth-order valence-corrected chi connectivity index (χ4v) is 1.18. The Hall–Kier alpha value is -0.300. The molecule has 1 nitrogen and oxygen atoms in total. The van der Waals surface area contributed by atoms with E-state index in [9.17, 15) is 0 Å². The van der Waals surface area contributed by atoms with E-state index < -0.39 is 0 Å². The summed E-state index contributed by atoms with van der Waals surface area (Å²) in [7, 11) is 0. The minimum absolute atomic E-state index is 0.282. The zero-order valence-corrected chi connectivity index (χ0v) is 7.90. The minimum Gasteiger partial charge on any atom is -0.328 e. The second-order valence-corrected chi connectivity index (χ2v) is 3.39. The highest BCUT2D eigenvalue weighted by atomic mass is 14.6. The van der Waals surface area contributed by atoms with E-state index in [0.29, 0.717) is 0 Å². The maximum absolute atomic E-state index is 5.64. The van der Waals surface area contributed by atoms with Crippen LogP contribution in [-0.4, -0.2) is 6.04 Å². The zero-order chi connectivity index (χ0) is 8.69. The average Bonchev–Trinajstić information content (AvgIpc) is 1.86. The lowest BCUT2D eigenvalue weighted by Gasteiger charge is -2.07. The van der Waals surface area contributed by atoms with Crippen LogP contribution in [0.15, 0.2) is 12.2 Å². The first-order valence-electron chi connectivity index (χ1n) is 4.59. The van der Waals surface area contributed by atoms with Crippen molar-refractivity contribution >= 4 is 0 Å². The molecule has 0 aliphatic rings. The number of hydrogen-bond donors (Lipinski definition) is 1. The Morgan fingerprint density at radius 2 is 2.09 bits per heavy atom. The van der Waals surface area contributed by atoms with E-state index in [1.54, 1.807) is 0 Å². The summed E-state index contributed by atoms with van der Waals surface area (Å²) in [4.78, 5) is 0. The summed E-state index contributed by atoms with van der Waals surface area (Å²) in [6.07, 6.45) is 6.03. The van der Waals surface area contributed by atoms with Crippen LogP contribution in [0.5, 0.6) is 0 Å². The predicted octanol–water partition coefficient (Wildman–Crippen LogP) is 2.86. The molecule has 0 saturated carbocycles. The van der Waals surface area contributed by atoms with E-state index >= 15 is 0 Å². The van der Waals surface area contributed by atoms with Crippen molar-refractivity contribution < 1.29 is 0 Å². The maximum atomic E-state index is 5.64. The molecule has 1 unspecified atom stereocenters. The molecule has 0 aromatic rings. The molecule has 0 aliphatic carbocycles. The Balaban J connectivity index is 3.23. The van der Waals surface area contributed by atoms with Gasteiger partial charge in [-0.2, -0.15) is 0 Å². The molecular formula is C10H21N. The molecule has 0 radical (unpaired) electrons. The van der Waals surface area contributed by atoms with E-state index in [2.05, 4.69) is 13.5 Å². The summed E-state index contributed by atoms with van der Waals surface area (Å²) in [6.45, 7) is 8.24. The Kier molecular flexibility index (Phi) is 6.24. The zero-order valence-electron chi connectivity index (χ0n) is 7.90. The first-order chi connectivity index (χ1) is 5.16. The van der Waals surface area contributed by atoms with Crippen LogP contribution in [-0.2, 0) is 0 Å². The highest BCUT2D eigenvalue weighted by Gasteiger charge is 1.97. The fraction of sp³-hybridized carbons (Fsp3) is 0.800. The van der Waals surface area contributed by atoms with Gasteiger partial charge in [0.1, 0.15) is 0 Å². The van der Waals surface area contributed by atoms with Crippen molar-refractivity contribution in [1.82, 2.24) is 0 Å². The van der Waals surface area contributed by atoms with E-state index in [4.69, 9.17) is 5.73 Å². The summed E-state index contributed by atoms with van der Waals surface area (Å²) in [5.41, 5.74) is 6.95. The highest BCUT2D eigenvalue weighted by Crippen LogP contribution is 2.11. The quantitative estimate of drug-likeness (QED) is 0.463. The molecule has 0 rings (SSSR count). The Morgan fingerprint density at radius 1 is 1.45 bits per heavy atom. The molecule has 66 valence electrons. The number of rotatable bonds is 6. The molecule has 0 heterocycles. The lowest BCUT2D eigenvalue weighted by Crippen LogP contribution is -2.14. The first-order valence-corrected chi connectivity index (χ1v) is 4.59. The van der Waals surface area contributed by atoms with Crippen LogP contribution in [0.3, 0.4) is 0 Å². The van der Waals surface area contributed by atoms with Crippen molar-refractivity contribution in [3.8, 4) is 0 Å². The Labute approximate surface area is 70.7 Å². The van der Waals surface area contributed by atoms with Crippen LogP contribution >= 0.6 is 0 Å². The molecule has 0 fully saturated rings. The van der Waals surface area contributed by atoms with Crippen molar-refractivity contribution in [2.45, 2.75) is 52.0 Å². The van der Waals surface area contributed by atoms with Crippen molar-refractivity contribution in [2.75, 3.05) is 0 Å². The van der Waals surface area contributed by atoms with Gasteiger partial charge in [0.25, 0.3) is 0 Å². The molecule has 11 heavy (non-hydrogen) atoms. The molecule has 2 N–H and O–H groups in total. The lowest BCUT2D eigenvalue weighted by molar-refractivity contribution is 0.660. The first kappa shape index (κ1) is 10.7. The van der Waals surface area contributed by atoms with Crippen LogP contribution in [0.2, 0.25) is 0 Å². The predicted molar refractivity (Wildman–Crippen MR) is 51.5 cm³/mol. The second kappa shape index (κ2) is 6.41. The van der Waals surface area contributed by atoms with E-state index in [1.807, 2.05) is 6.92 Å². The topological polar surface area (TPSA) is 26.0 Å². The van der Waals surface area contributed by atoms with Gasteiger partial charge >= 0.3 is 0 Å². The van der Waals surface area contributed by atoms with Crippen molar-refractivity contribution in [1.29, 1.82) is 0 Å². The molecule has 0 amide bonds. The van der Waals surface area contributed by atoms with Gasteiger partial charge in [-0.05, 0) is 26.2 Å². The van der Waals surface area contributed by atoms with Gasteiger partial charge in [-0.15, -0.1) is 0 Å². The molecule has 0 aromatic carbocycles. The average molecular weight is 155 g/mol. The van der Waals surface area contributed by atoms with Crippen LogP contribution in [0.4, 0.5) is 0 Å². The summed E-state index contributed by atoms with van der Waals surface area (Å²) >= 11 is 0. The summed E-state index contributed by atoms with van der Waals surface area (Å²) < 4.78 is 0. The van der Waals surface area contributed by atoms with Crippen LogP contribution in [0.1, 0.15) is 46.0 Å². The smallest absolute Gasteiger partial charge is 0.00475 e. The molecule has 1 atom stereocenters. The van der Waals surface area contributed by atoms with Crippen LogP contribution < -0.4 is 5.73 Å². The third-order valence-electron chi connectivity index (χ3n) is 1.74. The largest absolute Gasteiger partial charge is 0.328 e. The third-order valence-corrected chi connectivity index (χ3v) is 1.74. The van der Waals surface area contributed by atoms with E-state index in [1.165, 1.54) is 24.8 Å². The second-order valence-electron chi connectivity index (χ2n) is 3.39. The van der Waals surface area contributed by atoms with E-state index in [0.717, 1.165) is 12.8 Å². The summed E-state index contributed by atoms with van der Waals surface area (Å²) in [6, 6.07) is 0.282. The van der Waals surface area contributed by atoms with Gasteiger partial charge in [0.05, 0.1) is 0 Å². The van der Waals surface area contributed by atoms with Crippen molar-refractivity contribution in [3.63, 3.8) is 0 Å². The van der Waals surface area contributed by atoms with Gasteiger partial charge in [0, 0.05) is 6.04 Å². The fourth-order valence-electron chi connectivity index (χ4n) is 1.18. The van der Waals surface area contributed by atoms with Crippen LogP contribution in [0, 0.1) is 0 Å². The van der Waals surface area contributed by atoms with Crippen LogP contribution in [0.25, 0.3) is 0 Å². The SMILES string of the molecule is C=C(CCCCC)CC(C)N. The molecule has 0 spiro atoms. The van der Waals surface area contributed by atoms with Gasteiger partial charge < -0.3 is 5.73 Å². The van der Waals surface area contributed by atoms with Gasteiger partial charge in [-0.25, -0.2) is 0 Å². The molecule has 0 aliphatic heterocycles. The molecule has 0 bridgehead atoms. The maximum Gasteiger partial charge on any atom is 0.00475 e. The number of nitrogens with two attached hydrogens (primary N) is 1. The number of hydrogen-bond acceptors (Lipinski definition) is 1. The Bertz CT molecular complexity index is 105. The monoisotopic (exact) mass is 155 g/mol. The van der Waals surface area contributed by atoms with Gasteiger partial charge in [0.2, 0.25) is 0 Å². The molecule has 0 aromatic heterocycles. The normalized spacial score (nSPS) is 13.0. The van der Waals surface area contributed by atoms with Gasteiger partial charge in [-0.3, -0.25) is 0 Å². The summed E-state index contributed by atoms with van der Waals surface area (Å²) in [5.74, 6) is 0. The lowest BCUT2D eigenvalue weighted by atomic mass is 10.0.